The number of rotatable bonds is 5. The Kier molecular flexibility index (Phi) is 5.11. The Morgan fingerprint density at radius 2 is 1.89 bits per heavy atom. The van der Waals surface area contributed by atoms with Gasteiger partial charge >= 0.3 is 5.97 Å². The molecule has 0 fully saturated rings. The first-order valence-corrected chi connectivity index (χ1v) is 5.70. The van der Waals surface area contributed by atoms with Crippen LogP contribution in [0.1, 0.15) is 18.1 Å². The van der Waals surface area contributed by atoms with Crippen LogP contribution in [0.4, 0.5) is 0 Å². The van der Waals surface area contributed by atoms with Gasteiger partial charge in [0.2, 0.25) is 5.91 Å². The Morgan fingerprint density at radius 3 is 2.39 bits per heavy atom. The summed E-state index contributed by atoms with van der Waals surface area (Å²) in [6, 6.07) is 7.61. The molecule has 0 unspecified atom stereocenters. The third-order valence-corrected chi connectivity index (χ3v) is 2.67. The van der Waals surface area contributed by atoms with E-state index in [1.54, 1.807) is 24.9 Å². The van der Waals surface area contributed by atoms with Crippen molar-refractivity contribution < 1.29 is 14.7 Å². The standard InChI is InChI=1S/C14H17NO3/c1-11(16)15(2)10-9-13-5-3-12(4-6-13)7-8-14(17)18/h3-8H,9-10H2,1-2H3,(H,17,18). The lowest BCUT2D eigenvalue weighted by Crippen LogP contribution is -2.26. The monoisotopic (exact) mass is 247 g/mol. The molecule has 0 saturated carbocycles. The number of amides is 1. The average Bonchev–Trinajstić information content (AvgIpc) is 2.34. The summed E-state index contributed by atoms with van der Waals surface area (Å²) in [5.74, 6) is -0.904. The number of hydrogen-bond acceptors (Lipinski definition) is 2. The first kappa shape index (κ1) is 14.0. The van der Waals surface area contributed by atoms with Crippen LogP contribution in [0.2, 0.25) is 0 Å². The Balaban J connectivity index is 2.55. The predicted octanol–water partition coefficient (Wildman–Crippen LogP) is 1.81. The number of likely N-dealkylation sites (N-methyl/N-ethyl adjacent to an activating group) is 1. The van der Waals surface area contributed by atoms with E-state index in [2.05, 4.69) is 0 Å². The van der Waals surface area contributed by atoms with Gasteiger partial charge in [0.05, 0.1) is 0 Å². The number of aliphatic carboxylic acids is 1. The highest BCUT2D eigenvalue weighted by molar-refractivity contribution is 5.85. The van der Waals surface area contributed by atoms with Crippen molar-refractivity contribution in [2.45, 2.75) is 13.3 Å². The van der Waals surface area contributed by atoms with E-state index in [0.717, 1.165) is 23.6 Å². The minimum atomic E-state index is -0.956. The Hall–Kier alpha value is -2.10. The van der Waals surface area contributed by atoms with Crippen LogP contribution >= 0.6 is 0 Å². The minimum absolute atomic E-state index is 0.0519. The molecule has 0 aliphatic carbocycles. The molecule has 96 valence electrons. The van der Waals surface area contributed by atoms with Crippen LogP contribution in [0.5, 0.6) is 0 Å². The van der Waals surface area contributed by atoms with E-state index in [4.69, 9.17) is 5.11 Å². The summed E-state index contributed by atoms with van der Waals surface area (Å²) >= 11 is 0. The highest BCUT2D eigenvalue weighted by Crippen LogP contribution is 2.07. The fraction of sp³-hybridized carbons (Fsp3) is 0.286. The van der Waals surface area contributed by atoms with Gasteiger partial charge in [-0.05, 0) is 23.6 Å². The van der Waals surface area contributed by atoms with Crippen LogP contribution < -0.4 is 0 Å². The molecule has 4 heteroatoms. The maximum absolute atomic E-state index is 11.0. The molecular formula is C14H17NO3. The molecule has 0 atom stereocenters. The molecule has 1 rings (SSSR count). The average molecular weight is 247 g/mol. The lowest BCUT2D eigenvalue weighted by atomic mass is 10.1. The van der Waals surface area contributed by atoms with Crippen molar-refractivity contribution in [3.8, 4) is 0 Å². The van der Waals surface area contributed by atoms with E-state index in [1.807, 2.05) is 24.3 Å². The number of carboxylic acid groups (broad SMARTS) is 1. The van der Waals surface area contributed by atoms with Crippen molar-refractivity contribution in [1.82, 2.24) is 4.90 Å². The molecule has 0 bridgehead atoms. The highest BCUT2D eigenvalue weighted by atomic mass is 16.4. The number of carbonyl (C=O) groups excluding carboxylic acids is 1. The number of carbonyl (C=O) groups is 2. The van der Waals surface area contributed by atoms with Gasteiger partial charge in [0.1, 0.15) is 0 Å². The zero-order valence-electron chi connectivity index (χ0n) is 10.6. The molecule has 1 amide bonds. The molecule has 18 heavy (non-hydrogen) atoms. The van der Waals surface area contributed by atoms with Gasteiger partial charge in [0.25, 0.3) is 0 Å². The SMILES string of the molecule is CC(=O)N(C)CCc1ccc(C=CC(=O)O)cc1. The molecule has 0 saturated heterocycles. The van der Waals surface area contributed by atoms with Gasteiger partial charge in [-0.1, -0.05) is 24.3 Å². The Labute approximate surface area is 107 Å². The number of carboxylic acids is 1. The summed E-state index contributed by atoms with van der Waals surface area (Å²) in [6.07, 6.45) is 3.45. The van der Waals surface area contributed by atoms with Crippen molar-refractivity contribution >= 4 is 18.0 Å². The van der Waals surface area contributed by atoms with Crippen LogP contribution in [-0.4, -0.2) is 35.5 Å². The first-order valence-electron chi connectivity index (χ1n) is 5.70. The summed E-state index contributed by atoms with van der Waals surface area (Å²) in [7, 11) is 1.77. The Morgan fingerprint density at radius 1 is 1.28 bits per heavy atom. The summed E-state index contributed by atoms with van der Waals surface area (Å²) < 4.78 is 0. The van der Waals surface area contributed by atoms with E-state index >= 15 is 0 Å². The van der Waals surface area contributed by atoms with Crippen molar-refractivity contribution in [3.05, 3.63) is 41.5 Å². The van der Waals surface area contributed by atoms with Crippen LogP contribution in [0, 0.1) is 0 Å². The third kappa shape index (κ3) is 4.82. The molecule has 0 aromatic heterocycles. The largest absolute Gasteiger partial charge is 0.478 e. The molecule has 1 N–H and O–H groups in total. The normalized spacial score (nSPS) is 10.6. The van der Waals surface area contributed by atoms with Gasteiger partial charge in [-0.2, -0.15) is 0 Å². The molecule has 0 aliphatic rings. The fourth-order valence-corrected chi connectivity index (χ4v) is 1.42. The molecule has 1 aromatic rings. The summed E-state index contributed by atoms with van der Waals surface area (Å²) in [4.78, 5) is 23.1. The van der Waals surface area contributed by atoms with E-state index in [0.29, 0.717) is 6.54 Å². The predicted molar refractivity (Wildman–Crippen MR) is 70.1 cm³/mol. The molecule has 0 radical (unpaired) electrons. The van der Waals surface area contributed by atoms with Crippen LogP contribution in [0.15, 0.2) is 30.3 Å². The quantitative estimate of drug-likeness (QED) is 0.807. The molecular weight excluding hydrogens is 230 g/mol. The second-order valence-electron chi connectivity index (χ2n) is 4.10. The fourth-order valence-electron chi connectivity index (χ4n) is 1.42. The van der Waals surface area contributed by atoms with Crippen LogP contribution in [0.3, 0.4) is 0 Å². The lowest BCUT2D eigenvalue weighted by Gasteiger charge is -2.14. The van der Waals surface area contributed by atoms with E-state index in [9.17, 15) is 9.59 Å². The van der Waals surface area contributed by atoms with Crippen molar-refractivity contribution in [2.24, 2.45) is 0 Å². The van der Waals surface area contributed by atoms with Crippen LogP contribution in [-0.2, 0) is 16.0 Å². The van der Waals surface area contributed by atoms with Crippen molar-refractivity contribution in [3.63, 3.8) is 0 Å². The zero-order chi connectivity index (χ0) is 13.5. The maximum atomic E-state index is 11.0. The second-order valence-corrected chi connectivity index (χ2v) is 4.10. The van der Waals surface area contributed by atoms with E-state index in [1.165, 1.54) is 0 Å². The molecule has 0 spiro atoms. The minimum Gasteiger partial charge on any atom is -0.478 e. The first-order chi connectivity index (χ1) is 8.49. The summed E-state index contributed by atoms with van der Waals surface area (Å²) in [6.45, 7) is 2.22. The van der Waals surface area contributed by atoms with E-state index < -0.39 is 5.97 Å². The topological polar surface area (TPSA) is 57.6 Å². The number of benzene rings is 1. The summed E-state index contributed by atoms with van der Waals surface area (Å²) in [5.41, 5.74) is 1.97. The van der Waals surface area contributed by atoms with Crippen molar-refractivity contribution in [1.29, 1.82) is 0 Å². The smallest absolute Gasteiger partial charge is 0.328 e. The van der Waals surface area contributed by atoms with Gasteiger partial charge in [-0.3, -0.25) is 4.79 Å². The highest BCUT2D eigenvalue weighted by Gasteiger charge is 2.01. The molecule has 1 aromatic carbocycles. The van der Waals surface area contributed by atoms with Gasteiger partial charge in [0.15, 0.2) is 0 Å². The number of hydrogen-bond donors (Lipinski definition) is 1. The van der Waals surface area contributed by atoms with Crippen molar-refractivity contribution in [2.75, 3.05) is 13.6 Å². The Bertz CT molecular complexity index is 449. The van der Waals surface area contributed by atoms with Gasteiger partial charge < -0.3 is 10.0 Å². The summed E-state index contributed by atoms with van der Waals surface area (Å²) in [5, 5.41) is 8.50. The molecule has 4 nitrogen and oxygen atoms in total. The molecule has 0 aliphatic heterocycles. The van der Waals surface area contributed by atoms with E-state index in [-0.39, 0.29) is 5.91 Å². The van der Waals surface area contributed by atoms with Crippen LogP contribution in [0.25, 0.3) is 6.08 Å². The molecule has 0 heterocycles. The third-order valence-electron chi connectivity index (χ3n) is 2.67. The maximum Gasteiger partial charge on any atom is 0.328 e. The zero-order valence-corrected chi connectivity index (χ0v) is 10.6. The van der Waals surface area contributed by atoms with Gasteiger partial charge in [-0.25, -0.2) is 4.79 Å². The van der Waals surface area contributed by atoms with Gasteiger partial charge in [0, 0.05) is 26.6 Å². The number of nitrogens with zero attached hydrogens (tertiary/aromatic N) is 1. The second kappa shape index (κ2) is 6.59. The van der Waals surface area contributed by atoms with Gasteiger partial charge in [-0.15, -0.1) is 0 Å². The lowest BCUT2D eigenvalue weighted by molar-refractivity contribution is -0.131.